The van der Waals surface area contributed by atoms with Gasteiger partial charge in [-0.3, -0.25) is 9.59 Å². The number of nitrogens with zero attached hydrogens (tertiary/aromatic N) is 1. The first kappa shape index (κ1) is 18.8. The Balaban J connectivity index is 1.67. The zero-order chi connectivity index (χ0) is 21.5. The van der Waals surface area contributed by atoms with Gasteiger partial charge >= 0.3 is 0 Å². The van der Waals surface area contributed by atoms with Crippen LogP contribution in [-0.2, 0) is 15.0 Å². The van der Waals surface area contributed by atoms with Crippen molar-refractivity contribution in [3.8, 4) is 0 Å². The topological polar surface area (TPSA) is 57.6 Å². The fourth-order valence-corrected chi connectivity index (χ4v) is 6.59. The zero-order valence-electron chi connectivity index (χ0n) is 16.8. The maximum absolute atomic E-state index is 13.9. The molecule has 0 radical (unpaired) electrons. The Labute approximate surface area is 185 Å². The van der Waals surface area contributed by atoms with Gasteiger partial charge in [0, 0.05) is 10.9 Å². The molecule has 1 fully saturated rings. The lowest BCUT2D eigenvalue weighted by atomic mass is 9.46. The van der Waals surface area contributed by atoms with Gasteiger partial charge in [-0.2, -0.15) is 0 Å². The Bertz CT molecular complexity index is 1220. The number of aliphatic hydroxyl groups is 1. The average molecular weight is 430 g/mol. The standard InChI is InChI=1S/C26H20ClNO3/c1-14(29)26-19-11-4-2-9-17(19)21(18-10-3-5-12-20(18)26)22-23(26)25(31)28(24(22)30)16-8-6-7-15(27)13-16/h2-14,21-23,29H,1H3. The number of aliphatic hydroxyl groups excluding tert-OH is 1. The molecular weight excluding hydrogens is 410 g/mol. The van der Waals surface area contributed by atoms with Gasteiger partial charge in [0.1, 0.15) is 0 Å². The van der Waals surface area contributed by atoms with Crippen molar-refractivity contribution in [1.29, 1.82) is 0 Å². The molecule has 1 aliphatic heterocycles. The molecule has 2 bridgehead atoms. The minimum Gasteiger partial charge on any atom is -0.392 e. The van der Waals surface area contributed by atoms with Crippen molar-refractivity contribution in [2.24, 2.45) is 11.8 Å². The third kappa shape index (κ3) is 2.14. The van der Waals surface area contributed by atoms with Crippen LogP contribution in [0, 0.1) is 11.8 Å². The first-order valence-corrected chi connectivity index (χ1v) is 10.9. The summed E-state index contributed by atoms with van der Waals surface area (Å²) in [7, 11) is 0. The van der Waals surface area contributed by atoms with Crippen molar-refractivity contribution in [2.45, 2.75) is 24.4 Å². The maximum Gasteiger partial charge on any atom is 0.239 e. The van der Waals surface area contributed by atoms with E-state index >= 15 is 0 Å². The van der Waals surface area contributed by atoms with Crippen molar-refractivity contribution in [2.75, 3.05) is 4.90 Å². The third-order valence-corrected chi connectivity index (χ3v) is 7.64. The summed E-state index contributed by atoms with van der Waals surface area (Å²) in [6.45, 7) is 1.73. The summed E-state index contributed by atoms with van der Waals surface area (Å²) in [5.74, 6) is -1.96. The van der Waals surface area contributed by atoms with Crippen molar-refractivity contribution < 1.29 is 14.7 Å². The van der Waals surface area contributed by atoms with Gasteiger partial charge in [-0.25, -0.2) is 4.90 Å². The molecule has 4 nitrogen and oxygen atoms in total. The molecule has 0 saturated carbocycles. The van der Waals surface area contributed by atoms with Crippen LogP contribution in [0.25, 0.3) is 0 Å². The van der Waals surface area contributed by atoms with Crippen LogP contribution in [0.1, 0.15) is 35.1 Å². The second kappa shape index (κ2) is 6.28. The van der Waals surface area contributed by atoms with Gasteiger partial charge in [-0.05, 0) is 47.4 Å². The highest BCUT2D eigenvalue weighted by Gasteiger charge is 2.69. The van der Waals surface area contributed by atoms with E-state index in [-0.39, 0.29) is 17.7 Å². The predicted octanol–water partition coefficient (Wildman–Crippen LogP) is 4.27. The van der Waals surface area contributed by atoms with Crippen molar-refractivity contribution in [3.05, 3.63) is 100 Å². The second-order valence-corrected chi connectivity index (χ2v) is 9.13. The van der Waals surface area contributed by atoms with Crippen molar-refractivity contribution in [3.63, 3.8) is 0 Å². The highest BCUT2D eigenvalue weighted by molar-refractivity contribution is 6.31. The van der Waals surface area contributed by atoms with Gasteiger partial charge in [-0.1, -0.05) is 66.2 Å². The molecule has 5 heteroatoms. The highest BCUT2D eigenvalue weighted by Crippen LogP contribution is 2.65. The smallest absolute Gasteiger partial charge is 0.239 e. The van der Waals surface area contributed by atoms with E-state index in [9.17, 15) is 14.7 Å². The summed E-state index contributed by atoms with van der Waals surface area (Å²) in [6.07, 6.45) is -0.861. The number of imide groups is 1. The summed E-state index contributed by atoms with van der Waals surface area (Å²) in [5, 5.41) is 11.8. The highest BCUT2D eigenvalue weighted by atomic mass is 35.5. The van der Waals surface area contributed by atoms with Crippen LogP contribution in [0.4, 0.5) is 5.69 Å². The Hall–Kier alpha value is -2.95. The van der Waals surface area contributed by atoms with E-state index in [0.29, 0.717) is 10.7 Å². The summed E-state index contributed by atoms with van der Waals surface area (Å²) in [5.41, 5.74) is 3.44. The van der Waals surface area contributed by atoms with Crippen LogP contribution in [0.3, 0.4) is 0 Å². The van der Waals surface area contributed by atoms with E-state index < -0.39 is 23.4 Å². The molecule has 3 atom stereocenters. The van der Waals surface area contributed by atoms with E-state index in [1.54, 1.807) is 31.2 Å². The number of carbonyl (C=O) groups excluding carboxylic acids is 2. The molecule has 1 N–H and O–H groups in total. The summed E-state index contributed by atoms with van der Waals surface area (Å²) in [6, 6.07) is 22.7. The average Bonchev–Trinajstić information content (AvgIpc) is 3.04. The van der Waals surface area contributed by atoms with Crippen molar-refractivity contribution >= 4 is 29.1 Å². The van der Waals surface area contributed by atoms with Crippen LogP contribution in [0.15, 0.2) is 72.8 Å². The Kier molecular flexibility index (Phi) is 3.81. The molecule has 3 aromatic rings. The molecule has 2 amide bonds. The van der Waals surface area contributed by atoms with E-state index in [4.69, 9.17) is 11.6 Å². The van der Waals surface area contributed by atoms with Gasteiger partial charge in [0.25, 0.3) is 0 Å². The van der Waals surface area contributed by atoms with Gasteiger partial charge in [0.05, 0.1) is 29.0 Å². The molecule has 3 aromatic carbocycles. The number of carbonyl (C=O) groups is 2. The largest absolute Gasteiger partial charge is 0.392 e. The molecule has 0 spiro atoms. The number of anilines is 1. The molecule has 1 heterocycles. The molecular formula is C26H20ClNO3. The van der Waals surface area contributed by atoms with Gasteiger partial charge in [0.2, 0.25) is 11.8 Å². The fraction of sp³-hybridized carbons (Fsp3) is 0.231. The van der Waals surface area contributed by atoms with Crippen LogP contribution in [0.5, 0.6) is 0 Å². The monoisotopic (exact) mass is 429 g/mol. The first-order valence-electron chi connectivity index (χ1n) is 10.5. The maximum atomic E-state index is 13.9. The van der Waals surface area contributed by atoms with Gasteiger partial charge in [0.15, 0.2) is 0 Å². The second-order valence-electron chi connectivity index (χ2n) is 8.69. The molecule has 4 aliphatic rings. The number of benzene rings is 3. The minimum absolute atomic E-state index is 0.223. The van der Waals surface area contributed by atoms with E-state index in [1.165, 1.54) is 4.90 Å². The van der Waals surface area contributed by atoms with Gasteiger partial charge in [-0.15, -0.1) is 0 Å². The predicted molar refractivity (Wildman–Crippen MR) is 118 cm³/mol. The summed E-state index contributed by atoms with van der Waals surface area (Å²) < 4.78 is 0. The summed E-state index contributed by atoms with van der Waals surface area (Å²) >= 11 is 6.18. The van der Waals surface area contributed by atoms with Crippen LogP contribution < -0.4 is 4.90 Å². The van der Waals surface area contributed by atoms with E-state index in [0.717, 1.165) is 22.3 Å². The van der Waals surface area contributed by atoms with E-state index in [2.05, 4.69) is 0 Å². The molecule has 3 unspecified atom stereocenters. The fourth-order valence-electron chi connectivity index (χ4n) is 6.41. The molecule has 7 rings (SSSR count). The van der Waals surface area contributed by atoms with Gasteiger partial charge < -0.3 is 5.11 Å². The van der Waals surface area contributed by atoms with E-state index in [1.807, 2.05) is 48.5 Å². The number of rotatable bonds is 2. The lowest BCUT2D eigenvalue weighted by molar-refractivity contribution is -0.126. The first-order chi connectivity index (χ1) is 15.0. The Morgan fingerprint density at radius 1 is 0.903 bits per heavy atom. The molecule has 0 aromatic heterocycles. The normalized spacial score (nSPS) is 28.9. The number of halogens is 1. The molecule has 3 aliphatic carbocycles. The third-order valence-electron chi connectivity index (χ3n) is 7.41. The van der Waals surface area contributed by atoms with Crippen LogP contribution >= 0.6 is 11.6 Å². The molecule has 1 saturated heterocycles. The Morgan fingerprint density at radius 2 is 1.52 bits per heavy atom. The lowest BCUT2D eigenvalue weighted by Crippen LogP contribution is -2.58. The number of hydrogen-bond donors (Lipinski definition) is 1. The van der Waals surface area contributed by atoms with Crippen LogP contribution in [0.2, 0.25) is 5.02 Å². The lowest BCUT2D eigenvalue weighted by Gasteiger charge is -2.55. The van der Waals surface area contributed by atoms with Crippen LogP contribution in [-0.4, -0.2) is 23.0 Å². The molecule has 31 heavy (non-hydrogen) atoms. The number of hydrogen-bond acceptors (Lipinski definition) is 3. The van der Waals surface area contributed by atoms with Crippen molar-refractivity contribution in [1.82, 2.24) is 0 Å². The quantitative estimate of drug-likeness (QED) is 0.619. The summed E-state index contributed by atoms with van der Waals surface area (Å²) in [4.78, 5) is 29.0. The minimum atomic E-state index is -0.979. The SMILES string of the molecule is CC(O)C12c3ccccc3C(c3ccccc31)C1C(=O)N(c3cccc(Cl)c3)C(=O)C12. The number of amides is 2. The zero-order valence-corrected chi connectivity index (χ0v) is 17.6. The Morgan fingerprint density at radius 3 is 2.10 bits per heavy atom. The molecule has 154 valence electrons.